The maximum absolute atomic E-state index is 11.6. The molecule has 0 aromatic heterocycles. The molecule has 1 rings (SSSR count). The highest BCUT2D eigenvalue weighted by Crippen LogP contribution is 2.08. The highest BCUT2D eigenvalue weighted by molar-refractivity contribution is 7.89. The van der Waals surface area contributed by atoms with Gasteiger partial charge in [-0.05, 0) is 24.1 Å². The van der Waals surface area contributed by atoms with Gasteiger partial charge in [0.1, 0.15) is 11.6 Å². The summed E-state index contributed by atoms with van der Waals surface area (Å²) in [5.41, 5.74) is 0.850. The van der Waals surface area contributed by atoms with E-state index in [4.69, 9.17) is 22.0 Å². The molecule has 0 fully saturated rings. The normalized spacial score (nSPS) is 11.6. The van der Waals surface area contributed by atoms with Crippen molar-refractivity contribution < 1.29 is 13.2 Å². The molecule has 7 nitrogen and oxygen atoms in total. The van der Waals surface area contributed by atoms with Gasteiger partial charge in [-0.15, -0.1) is 11.6 Å². The minimum Gasteiger partial charge on any atom is -0.389 e. The fourth-order valence-electron chi connectivity index (χ4n) is 1.64. The molecule has 0 unspecified atom stereocenters. The summed E-state index contributed by atoms with van der Waals surface area (Å²) >= 11 is 5.45. The fraction of sp³-hybridized carbons (Fsp3) is 0.286. The van der Waals surface area contributed by atoms with E-state index in [0.29, 0.717) is 13.0 Å². The molecular weight excluding hydrogens is 340 g/mol. The summed E-state index contributed by atoms with van der Waals surface area (Å²) in [4.78, 5) is 11.6. The van der Waals surface area contributed by atoms with Crippen LogP contribution in [0.25, 0.3) is 0 Å². The van der Waals surface area contributed by atoms with Crippen LogP contribution in [0.1, 0.15) is 5.56 Å². The molecule has 0 saturated heterocycles. The van der Waals surface area contributed by atoms with Gasteiger partial charge in [0.05, 0.1) is 4.90 Å². The zero-order chi connectivity index (χ0) is 17.3. The number of nitrogens with zero attached hydrogens (tertiary/aromatic N) is 1. The van der Waals surface area contributed by atoms with E-state index in [2.05, 4.69) is 10.6 Å². The van der Waals surface area contributed by atoms with Gasteiger partial charge in [-0.1, -0.05) is 12.1 Å². The SMILES string of the molecule is N#C/C(=C/NCCc1ccc(S(N)(=O)=O)cc1)C(=O)NCCCl. The smallest absolute Gasteiger partial charge is 0.263 e. The lowest BCUT2D eigenvalue weighted by Gasteiger charge is -2.05. The number of halogens is 1. The van der Waals surface area contributed by atoms with Crippen molar-refractivity contribution in [2.45, 2.75) is 11.3 Å². The fourth-order valence-corrected chi connectivity index (χ4v) is 2.25. The number of rotatable bonds is 8. The van der Waals surface area contributed by atoms with Gasteiger partial charge in [-0.3, -0.25) is 4.79 Å². The highest BCUT2D eigenvalue weighted by Gasteiger charge is 2.08. The second-order valence-corrected chi connectivity index (χ2v) is 6.45. The minimum atomic E-state index is -3.69. The first-order chi connectivity index (χ1) is 10.9. The van der Waals surface area contributed by atoms with Crippen LogP contribution in [-0.4, -0.2) is 33.3 Å². The van der Waals surface area contributed by atoms with Crippen LogP contribution in [0.2, 0.25) is 0 Å². The number of alkyl halides is 1. The molecule has 4 N–H and O–H groups in total. The first kappa shape index (κ1) is 19.0. The molecule has 0 radical (unpaired) electrons. The van der Waals surface area contributed by atoms with Gasteiger partial charge >= 0.3 is 0 Å². The monoisotopic (exact) mass is 356 g/mol. The molecule has 0 aliphatic rings. The van der Waals surface area contributed by atoms with E-state index in [1.54, 1.807) is 18.2 Å². The summed E-state index contributed by atoms with van der Waals surface area (Å²) < 4.78 is 22.3. The number of nitriles is 1. The molecule has 23 heavy (non-hydrogen) atoms. The van der Waals surface area contributed by atoms with E-state index in [-0.39, 0.29) is 22.9 Å². The molecule has 0 bridgehead atoms. The molecule has 0 saturated carbocycles. The van der Waals surface area contributed by atoms with Crippen molar-refractivity contribution in [1.29, 1.82) is 5.26 Å². The Morgan fingerprint density at radius 3 is 2.48 bits per heavy atom. The summed E-state index contributed by atoms with van der Waals surface area (Å²) in [6.07, 6.45) is 1.92. The topological polar surface area (TPSA) is 125 Å². The second-order valence-electron chi connectivity index (χ2n) is 4.51. The third-order valence-electron chi connectivity index (χ3n) is 2.80. The third kappa shape index (κ3) is 6.69. The van der Waals surface area contributed by atoms with Crippen LogP contribution in [0.5, 0.6) is 0 Å². The number of hydrogen-bond donors (Lipinski definition) is 3. The van der Waals surface area contributed by atoms with Gasteiger partial charge in [0.15, 0.2) is 0 Å². The lowest BCUT2D eigenvalue weighted by atomic mass is 10.1. The number of carbonyl (C=O) groups excluding carboxylic acids is 1. The number of hydrogen-bond acceptors (Lipinski definition) is 5. The largest absolute Gasteiger partial charge is 0.389 e. The molecule has 9 heteroatoms. The average molecular weight is 357 g/mol. The van der Waals surface area contributed by atoms with Crippen LogP contribution in [-0.2, 0) is 21.2 Å². The maximum atomic E-state index is 11.6. The van der Waals surface area contributed by atoms with E-state index in [1.165, 1.54) is 18.3 Å². The molecule has 124 valence electrons. The number of sulfonamides is 1. The molecule has 1 amide bonds. The summed E-state index contributed by atoms with van der Waals surface area (Å²) in [5.74, 6) is -0.218. The van der Waals surface area contributed by atoms with Crippen molar-refractivity contribution in [3.8, 4) is 6.07 Å². The first-order valence-corrected chi connectivity index (χ1v) is 8.76. The van der Waals surface area contributed by atoms with Gasteiger partial charge < -0.3 is 10.6 Å². The van der Waals surface area contributed by atoms with E-state index in [9.17, 15) is 13.2 Å². The summed E-state index contributed by atoms with van der Waals surface area (Å²) in [6, 6.07) is 7.97. The zero-order valence-electron chi connectivity index (χ0n) is 12.3. The van der Waals surface area contributed by atoms with Crippen molar-refractivity contribution in [3.63, 3.8) is 0 Å². The van der Waals surface area contributed by atoms with Gasteiger partial charge in [-0.25, -0.2) is 13.6 Å². The lowest BCUT2D eigenvalue weighted by molar-refractivity contribution is -0.117. The first-order valence-electron chi connectivity index (χ1n) is 6.68. The molecule has 0 spiro atoms. The molecule has 0 heterocycles. The standard InChI is InChI=1S/C14H17ClN4O3S/c15-6-8-19-14(20)12(9-16)10-18-7-5-11-1-3-13(4-2-11)23(17,21)22/h1-4,10,18H,5-8H2,(H,19,20)(H2,17,21,22)/b12-10-. The van der Waals surface area contributed by atoms with Crippen LogP contribution in [0.3, 0.4) is 0 Å². The van der Waals surface area contributed by atoms with Gasteiger partial charge in [-0.2, -0.15) is 5.26 Å². The quantitative estimate of drug-likeness (QED) is 0.266. The molecular formula is C14H17ClN4O3S. The third-order valence-corrected chi connectivity index (χ3v) is 3.92. The Balaban J connectivity index is 2.51. The molecule has 0 atom stereocenters. The summed E-state index contributed by atoms with van der Waals surface area (Å²) in [6.45, 7) is 0.762. The second kappa shape index (κ2) is 9.15. The van der Waals surface area contributed by atoms with Gasteiger partial charge in [0, 0.05) is 25.2 Å². The Bertz CT molecular complexity index is 709. The Morgan fingerprint density at radius 1 is 1.30 bits per heavy atom. The number of carbonyl (C=O) groups is 1. The molecule has 1 aromatic carbocycles. The van der Waals surface area contributed by atoms with Crippen molar-refractivity contribution in [1.82, 2.24) is 10.6 Å². The predicted molar refractivity (Wildman–Crippen MR) is 86.9 cm³/mol. The van der Waals surface area contributed by atoms with Crippen LogP contribution < -0.4 is 15.8 Å². The Kier molecular flexibility index (Phi) is 7.54. The Labute approximate surface area is 140 Å². The lowest BCUT2D eigenvalue weighted by Crippen LogP contribution is -2.27. The van der Waals surface area contributed by atoms with E-state index in [1.807, 2.05) is 0 Å². The van der Waals surface area contributed by atoms with Crippen LogP contribution >= 0.6 is 11.6 Å². The van der Waals surface area contributed by atoms with Gasteiger partial charge in [0.25, 0.3) is 5.91 Å². The van der Waals surface area contributed by atoms with E-state index >= 15 is 0 Å². The number of nitrogens with two attached hydrogens (primary N) is 1. The maximum Gasteiger partial charge on any atom is 0.263 e. The summed E-state index contributed by atoms with van der Waals surface area (Å²) in [5, 5.41) is 19.3. The van der Waals surface area contributed by atoms with E-state index in [0.717, 1.165) is 5.56 Å². The molecule has 0 aliphatic heterocycles. The molecule has 0 aliphatic carbocycles. The number of nitrogens with one attached hydrogen (secondary N) is 2. The number of primary sulfonamides is 1. The number of benzene rings is 1. The van der Waals surface area contributed by atoms with Crippen LogP contribution in [0.15, 0.2) is 40.9 Å². The van der Waals surface area contributed by atoms with Crippen molar-refractivity contribution in [2.75, 3.05) is 19.0 Å². The van der Waals surface area contributed by atoms with E-state index < -0.39 is 15.9 Å². The van der Waals surface area contributed by atoms with Crippen molar-refractivity contribution in [3.05, 3.63) is 41.6 Å². The highest BCUT2D eigenvalue weighted by atomic mass is 35.5. The summed E-state index contributed by atoms with van der Waals surface area (Å²) in [7, 11) is -3.69. The van der Waals surface area contributed by atoms with Crippen LogP contribution in [0, 0.1) is 11.3 Å². The van der Waals surface area contributed by atoms with Crippen molar-refractivity contribution >= 4 is 27.5 Å². The molecule has 1 aromatic rings. The number of amides is 1. The van der Waals surface area contributed by atoms with Crippen molar-refractivity contribution in [2.24, 2.45) is 5.14 Å². The van der Waals surface area contributed by atoms with Crippen LogP contribution in [0.4, 0.5) is 0 Å². The predicted octanol–water partition coefficient (Wildman–Crippen LogP) is 0.229. The minimum absolute atomic E-state index is 0.0420. The average Bonchev–Trinajstić information content (AvgIpc) is 2.52. The van der Waals surface area contributed by atoms with Gasteiger partial charge in [0.2, 0.25) is 10.0 Å². The Morgan fingerprint density at radius 2 is 1.96 bits per heavy atom. The Hall–Kier alpha value is -2.08. The zero-order valence-corrected chi connectivity index (χ0v) is 13.8.